The molecular formula is C8H8O3. The zero-order valence-electron chi connectivity index (χ0n) is 5.95. The lowest BCUT2D eigenvalue weighted by molar-refractivity contribution is -0.124. The van der Waals surface area contributed by atoms with E-state index < -0.39 is 5.92 Å². The lowest BCUT2D eigenvalue weighted by Crippen LogP contribution is -2.18. The van der Waals surface area contributed by atoms with Crippen molar-refractivity contribution in [2.45, 2.75) is 12.8 Å². The molecule has 1 aliphatic carbocycles. The van der Waals surface area contributed by atoms with Crippen molar-refractivity contribution in [2.24, 2.45) is 5.92 Å². The first kappa shape index (κ1) is 7.85. The van der Waals surface area contributed by atoms with E-state index in [0.29, 0.717) is 31.0 Å². The van der Waals surface area contributed by atoms with Crippen molar-refractivity contribution in [1.29, 1.82) is 0 Å². The molecule has 58 valence electrons. The van der Waals surface area contributed by atoms with Crippen molar-refractivity contribution in [3.63, 3.8) is 0 Å². The van der Waals surface area contributed by atoms with Crippen molar-refractivity contribution in [2.75, 3.05) is 0 Å². The Kier molecular flexibility index (Phi) is 2.31. The second-order valence-corrected chi connectivity index (χ2v) is 2.52. The van der Waals surface area contributed by atoms with Crippen molar-refractivity contribution in [3.05, 3.63) is 11.6 Å². The molecule has 0 fully saturated rings. The first-order valence-electron chi connectivity index (χ1n) is 3.43. The third-order valence-corrected chi connectivity index (χ3v) is 1.75. The average molecular weight is 152 g/mol. The molecule has 0 aliphatic heterocycles. The summed E-state index contributed by atoms with van der Waals surface area (Å²) in [7, 11) is 0. The molecule has 1 unspecified atom stereocenters. The summed E-state index contributed by atoms with van der Waals surface area (Å²) in [6, 6.07) is 0. The van der Waals surface area contributed by atoms with Gasteiger partial charge in [0.1, 0.15) is 12.6 Å². The minimum Gasteiger partial charge on any atom is -0.303 e. The van der Waals surface area contributed by atoms with E-state index >= 15 is 0 Å². The molecule has 11 heavy (non-hydrogen) atoms. The Balaban J connectivity index is 2.77. The van der Waals surface area contributed by atoms with Gasteiger partial charge in [-0.2, -0.15) is 0 Å². The highest BCUT2D eigenvalue weighted by atomic mass is 16.1. The summed E-state index contributed by atoms with van der Waals surface area (Å²) < 4.78 is 0. The van der Waals surface area contributed by atoms with Crippen LogP contribution in [-0.4, -0.2) is 18.4 Å². The van der Waals surface area contributed by atoms with Gasteiger partial charge in [-0.1, -0.05) is 0 Å². The minimum absolute atomic E-state index is 0.242. The molecule has 1 rings (SSSR count). The third-order valence-electron chi connectivity index (χ3n) is 1.75. The van der Waals surface area contributed by atoms with Crippen LogP contribution in [0.1, 0.15) is 12.8 Å². The smallest absolute Gasteiger partial charge is 0.166 e. The molecule has 0 N–H and O–H groups in total. The first-order valence-corrected chi connectivity index (χ1v) is 3.43. The standard InChI is InChI=1S/C8H8O3/c9-4-6-1-2-7(5-10)8(11)3-6/h3-5,7H,1-2H2. The van der Waals surface area contributed by atoms with Gasteiger partial charge in [-0.3, -0.25) is 9.59 Å². The lowest BCUT2D eigenvalue weighted by Gasteiger charge is -2.11. The van der Waals surface area contributed by atoms with Gasteiger partial charge in [0.05, 0.1) is 5.92 Å². The molecule has 0 amide bonds. The van der Waals surface area contributed by atoms with E-state index in [1.807, 2.05) is 0 Å². The fourth-order valence-electron chi connectivity index (χ4n) is 1.05. The van der Waals surface area contributed by atoms with E-state index in [1.54, 1.807) is 0 Å². The van der Waals surface area contributed by atoms with Gasteiger partial charge in [-0.15, -0.1) is 0 Å². The van der Waals surface area contributed by atoms with E-state index in [0.717, 1.165) is 0 Å². The number of rotatable bonds is 2. The predicted molar refractivity (Wildman–Crippen MR) is 37.9 cm³/mol. The predicted octanol–water partition coefficient (Wildman–Crippen LogP) is 0.290. The third kappa shape index (κ3) is 1.61. The van der Waals surface area contributed by atoms with Gasteiger partial charge in [0, 0.05) is 0 Å². The monoisotopic (exact) mass is 152 g/mol. The zero-order valence-corrected chi connectivity index (χ0v) is 5.95. The van der Waals surface area contributed by atoms with Crippen LogP contribution >= 0.6 is 0 Å². The van der Waals surface area contributed by atoms with E-state index in [4.69, 9.17) is 0 Å². The van der Waals surface area contributed by atoms with Gasteiger partial charge in [-0.25, -0.2) is 0 Å². The number of aldehydes is 2. The van der Waals surface area contributed by atoms with Crippen LogP contribution in [0, 0.1) is 5.92 Å². The summed E-state index contributed by atoms with van der Waals surface area (Å²) in [6.07, 6.45) is 3.58. The number of allylic oxidation sites excluding steroid dienone is 2. The molecule has 0 heterocycles. The van der Waals surface area contributed by atoms with Crippen LogP contribution in [0.25, 0.3) is 0 Å². The summed E-state index contributed by atoms with van der Waals surface area (Å²) in [5.41, 5.74) is 0.494. The topological polar surface area (TPSA) is 51.2 Å². The molecule has 1 aliphatic rings. The number of carbonyl (C=O) groups is 3. The Morgan fingerprint density at radius 3 is 2.64 bits per heavy atom. The number of ketones is 1. The van der Waals surface area contributed by atoms with Crippen LogP contribution in [-0.2, 0) is 14.4 Å². The van der Waals surface area contributed by atoms with E-state index in [2.05, 4.69) is 0 Å². The van der Waals surface area contributed by atoms with Crippen LogP contribution < -0.4 is 0 Å². The lowest BCUT2D eigenvalue weighted by atomic mass is 9.90. The Morgan fingerprint density at radius 1 is 1.45 bits per heavy atom. The maximum atomic E-state index is 10.9. The molecular weight excluding hydrogens is 144 g/mol. The summed E-state index contributed by atoms with van der Waals surface area (Å²) in [5, 5.41) is 0. The van der Waals surface area contributed by atoms with E-state index in [1.165, 1.54) is 6.08 Å². The minimum atomic E-state index is -0.515. The molecule has 3 heteroatoms. The van der Waals surface area contributed by atoms with Crippen molar-refractivity contribution >= 4 is 18.4 Å². The first-order chi connectivity index (χ1) is 5.27. The highest BCUT2D eigenvalue weighted by molar-refractivity contribution is 6.04. The summed E-state index contributed by atoms with van der Waals surface area (Å²) in [4.78, 5) is 31.3. The molecule has 0 radical (unpaired) electrons. The van der Waals surface area contributed by atoms with Crippen molar-refractivity contribution < 1.29 is 14.4 Å². The molecule has 1 atom stereocenters. The summed E-state index contributed by atoms with van der Waals surface area (Å²) in [5.74, 6) is -0.757. The molecule has 0 saturated heterocycles. The maximum absolute atomic E-state index is 10.9. The van der Waals surface area contributed by atoms with E-state index in [9.17, 15) is 14.4 Å². The van der Waals surface area contributed by atoms with Crippen LogP contribution in [0.15, 0.2) is 11.6 Å². The van der Waals surface area contributed by atoms with Gasteiger partial charge >= 0.3 is 0 Å². The Bertz CT molecular complexity index is 227. The van der Waals surface area contributed by atoms with Gasteiger partial charge < -0.3 is 4.79 Å². The molecule has 3 nitrogen and oxygen atoms in total. The summed E-state index contributed by atoms with van der Waals surface area (Å²) >= 11 is 0. The average Bonchev–Trinajstić information content (AvgIpc) is 2.04. The van der Waals surface area contributed by atoms with Gasteiger partial charge in [0.15, 0.2) is 5.78 Å². The fraction of sp³-hybridized carbons (Fsp3) is 0.375. The Hall–Kier alpha value is -1.25. The molecule has 0 aromatic heterocycles. The second kappa shape index (κ2) is 3.23. The second-order valence-electron chi connectivity index (χ2n) is 2.52. The normalized spacial score (nSPS) is 24.2. The highest BCUT2D eigenvalue weighted by Gasteiger charge is 2.20. The SMILES string of the molecule is O=CC1=CC(=O)C(C=O)CC1. The van der Waals surface area contributed by atoms with Crippen LogP contribution in [0.4, 0.5) is 0 Å². The Labute approximate surface area is 64.1 Å². The highest BCUT2D eigenvalue weighted by Crippen LogP contribution is 2.17. The largest absolute Gasteiger partial charge is 0.303 e. The van der Waals surface area contributed by atoms with Crippen LogP contribution in [0.5, 0.6) is 0 Å². The van der Waals surface area contributed by atoms with Crippen molar-refractivity contribution in [3.8, 4) is 0 Å². The molecule has 0 bridgehead atoms. The number of hydrogen-bond donors (Lipinski definition) is 0. The summed E-state index contributed by atoms with van der Waals surface area (Å²) in [6.45, 7) is 0. The van der Waals surface area contributed by atoms with Crippen molar-refractivity contribution in [1.82, 2.24) is 0 Å². The fourth-order valence-corrected chi connectivity index (χ4v) is 1.05. The van der Waals surface area contributed by atoms with E-state index in [-0.39, 0.29) is 5.78 Å². The molecule has 0 aromatic rings. The molecule has 0 spiro atoms. The molecule has 0 aromatic carbocycles. The quantitative estimate of drug-likeness (QED) is 0.422. The van der Waals surface area contributed by atoms with Gasteiger partial charge in [0.2, 0.25) is 0 Å². The zero-order chi connectivity index (χ0) is 8.27. The van der Waals surface area contributed by atoms with Crippen LogP contribution in [0.2, 0.25) is 0 Å². The maximum Gasteiger partial charge on any atom is 0.166 e. The molecule has 0 saturated carbocycles. The Morgan fingerprint density at radius 2 is 2.18 bits per heavy atom. The number of carbonyl (C=O) groups excluding carboxylic acids is 3. The number of hydrogen-bond acceptors (Lipinski definition) is 3. The van der Waals surface area contributed by atoms with Crippen LogP contribution in [0.3, 0.4) is 0 Å². The van der Waals surface area contributed by atoms with Gasteiger partial charge in [-0.05, 0) is 24.5 Å². The van der Waals surface area contributed by atoms with Gasteiger partial charge in [0.25, 0.3) is 0 Å².